The van der Waals surface area contributed by atoms with Crippen molar-refractivity contribution in [2.24, 2.45) is 0 Å². The van der Waals surface area contributed by atoms with Crippen molar-refractivity contribution in [3.63, 3.8) is 0 Å². The standard InChI is InChI=1S/C19H18FNO5/c1-12(21-18(22)13-5-3-2-4-6-13)19(23)25-10-15-8-16(20)7-14-9-24-11-26-17(14)15/h2-8,12H,9-11H2,1H3,(H,21,22)/t12-/m0/s1. The van der Waals surface area contributed by atoms with E-state index in [0.29, 0.717) is 22.4 Å². The highest BCUT2D eigenvalue weighted by molar-refractivity contribution is 5.96. The van der Waals surface area contributed by atoms with Crippen molar-refractivity contribution in [3.8, 4) is 5.75 Å². The second-order valence-corrected chi connectivity index (χ2v) is 5.83. The molecule has 6 nitrogen and oxygen atoms in total. The summed E-state index contributed by atoms with van der Waals surface area (Å²) < 4.78 is 29.4. The van der Waals surface area contributed by atoms with Crippen LogP contribution >= 0.6 is 0 Å². The van der Waals surface area contributed by atoms with Gasteiger partial charge in [-0.2, -0.15) is 0 Å². The topological polar surface area (TPSA) is 73.9 Å². The van der Waals surface area contributed by atoms with Crippen molar-refractivity contribution in [2.45, 2.75) is 26.2 Å². The molecule has 2 aromatic rings. The molecule has 0 aliphatic carbocycles. The molecule has 1 N–H and O–H groups in total. The van der Waals surface area contributed by atoms with Crippen LogP contribution in [-0.2, 0) is 27.5 Å². The van der Waals surface area contributed by atoms with Gasteiger partial charge in [-0.25, -0.2) is 9.18 Å². The number of carbonyl (C=O) groups excluding carboxylic acids is 2. The Kier molecular flexibility index (Phi) is 5.48. The van der Waals surface area contributed by atoms with E-state index in [0.717, 1.165) is 0 Å². The van der Waals surface area contributed by atoms with Crippen molar-refractivity contribution >= 4 is 11.9 Å². The molecule has 0 aromatic heterocycles. The lowest BCUT2D eigenvalue weighted by atomic mass is 10.1. The number of carbonyl (C=O) groups is 2. The molecule has 3 rings (SSSR count). The van der Waals surface area contributed by atoms with E-state index in [1.165, 1.54) is 19.1 Å². The van der Waals surface area contributed by atoms with Gasteiger partial charge in [0.25, 0.3) is 5.91 Å². The summed E-state index contributed by atoms with van der Waals surface area (Å²) in [7, 11) is 0. The average molecular weight is 359 g/mol. The normalized spacial score (nSPS) is 13.9. The summed E-state index contributed by atoms with van der Waals surface area (Å²) in [5.74, 6) is -1.00. The number of esters is 1. The van der Waals surface area contributed by atoms with Gasteiger partial charge >= 0.3 is 5.97 Å². The Balaban J connectivity index is 1.60. The highest BCUT2D eigenvalue weighted by atomic mass is 19.1. The number of hydrogen-bond donors (Lipinski definition) is 1. The number of benzene rings is 2. The molecule has 2 aromatic carbocycles. The van der Waals surface area contributed by atoms with Gasteiger partial charge in [-0.05, 0) is 31.2 Å². The van der Waals surface area contributed by atoms with Crippen LogP contribution in [0, 0.1) is 5.82 Å². The molecule has 1 atom stereocenters. The summed E-state index contributed by atoms with van der Waals surface area (Å²) in [6, 6.07) is 10.3. The number of rotatable bonds is 5. The molecule has 1 aliphatic heterocycles. The molecule has 26 heavy (non-hydrogen) atoms. The van der Waals surface area contributed by atoms with E-state index in [4.69, 9.17) is 14.2 Å². The van der Waals surface area contributed by atoms with Gasteiger partial charge < -0.3 is 19.5 Å². The van der Waals surface area contributed by atoms with E-state index in [-0.39, 0.29) is 25.9 Å². The van der Waals surface area contributed by atoms with Crippen molar-refractivity contribution in [1.82, 2.24) is 5.32 Å². The highest BCUT2D eigenvalue weighted by Crippen LogP contribution is 2.30. The largest absolute Gasteiger partial charge is 0.467 e. The van der Waals surface area contributed by atoms with Gasteiger partial charge in [0.05, 0.1) is 6.61 Å². The number of hydrogen-bond acceptors (Lipinski definition) is 5. The second-order valence-electron chi connectivity index (χ2n) is 5.83. The van der Waals surface area contributed by atoms with Gasteiger partial charge in [-0.1, -0.05) is 18.2 Å². The molecular formula is C19H18FNO5. The van der Waals surface area contributed by atoms with E-state index in [1.54, 1.807) is 30.3 Å². The zero-order valence-electron chi connectivity index (χ0n) is 14.2. The lowest BCUT2D eigenvalue weighted by Gasteiger charge is -2.21. The van der Waals surface area contributed by atoms with Crippen LogP contribution in [0.5, 0.6) is 5.75 Å². The maximum Gasteiger partial charge on any atom is 0.328 e. The fourth-order valence-corrected chi connectivity index (χ4v) is 2.57. The third kappa shape index (κ3) is 4.18. The first-order valence-electron chi connectivity index (χ1n) is 8.09. The first kappa shape index (κ1) is 17.9. The zero-order valence-corrected chi connectivity index (χ0v) is 14.2. The van der Waals surface area contributed by atoms with Crippen molar-refractivity contribution in [3.05, 3.63) is 65.0 Å². The van der Waals surface area contributed by atoms with E-state index < -0.39 is 17.8 Å². The van der Waals surface area contributed by atoms with Crippen LogP contribution in [0.25, 0.3) is 0 Å². The summed E-state index contributed by atoms with van der Waals surface area (Å²) in [5.41, 5.74) is 1.42. The number of ether oxygens (including phenoxy) is 3. The predicted octanol–water partition coefficient (Wildman–Crippen LogP) is 2.55. The summed E-state index contributed by atoms with van der Waals surface area (Å²) >= 11 is 0. The second kappa shape index (κ2) is 7.97. The maximum absolute atomic E-state index is 13.7. The van der Waals surface area contributed by atoms with Crippen LogP contribution in [0.1, 0.15) is 28.4 Å². The van der Waals surface area contributed by atoms with E-state index in [2.05, 4.69) is 5.32 Å². The van der Waals surface area contributed by atoms with Crippen LogP contribution in [0.2, 0.25) is 0 Å². The molecule has 1 aliphatic rings. The Labute approximate surface area is 149 Å². The molecule has 0 unspecified atom stereocenters. The number of amides is 1. The van der Waals surface area contributed by atoms with Crippen molar-refractivity contribution in [1.29, 1.82) is 0 Å². The van der Waals surface area contributed by atoms with Crippen molar-refractivity contribution < 1.29 is 28.2 Å². The Morgan fingerprint density at radius 3 is 2.81 bits per heavy atom. The van der Waals surface area contributed by atoms with Gasteiger partial charge in [0.1, 0.15) is 24.2 Å². The monoisotopic (exact) mass is 359 g/mol. The summed E-state index contributed by atoms with van der Waals surface area (Å²) in [4.78, 5) is 24.2. The minimum absolute atomic E-state index is 0.0586. The average Bonchev–Trinajstić information content (AvgIpc) is 2.66. The van der Waals surface area contributed by atoms with Gasteiger partial charge in [0.15, 0.2) is 6.79 Å². The smallest absolute Gasteiger partial charge is 0.328 e. The Hall–Kier alpha value is -2.93. The predicted molar refractivity (Wildman–Crippen MR) is 89.9 cm³/mol. The van der Waals surface area contributed by atoms with E-state index in [9.17, 15) is 14.0 Å². The Bertz CT molecular complexity index is 809. The molecule has 0 fully saturated rings. The highest BCUT2D eigenvalue weighted by Gasteiger charge is 2.21. The fourth-order valence-electron chi connectivity index (χ4n) is 2.57. The number of nitrogens with one attached hydrogen (secondary N) is 1. The number of fused-ring (bicyclic) bond motifs is 1. The minimum Gasteiger partial charge on any atom is -0.467 e. The molecule has 0 bridgehead atoms. The Morgan fingerprint density at radius 1 is 1.27 bits per heavy atom. The molecule has 1 amide bonds. The minimum atomic E-state index is -0.851. The summed E-state index contributed by atoms with van der Waals surface area (Å²) in [6.45, 7) is 1.65. The van der Waals surface area contributed by atoms with Gasteiger partial charge in [0, 0.05) is 16.7 Å². The van der Waals surface area contributed by atoms with Crippen LogP contribution < -0.4 is 10.1 Å². The van der Waals surface area contributed by atoms with Crippen LogP contribution in [0.4, 0.5) is 4.39 Å². The zero-order chi connectivity index (χ0) is 18.5. The number of halogens is 1. The molecular weight excluding hydrogens is 341 g/mol. The van der Waals surface area contributed by atoms with E-state index >= 15 is 0 Å². The van der Waals surface area contributed by atoms with Gasteiger partial charge in [-0.3, -0.25) is 4.79 Å². The maximum atomic E-state index is 13.7. The van der Waals surface area contributed by atoms with Crippen LogP contribution in [-0.4, -0.2) is 24.7 Å². The SMILES string of the molecule is C[C@H](NC(=O)c1ccccc1)C(=O)OCc1cc(F)cc2c1OCOC2. The lowest BCUT2D eigenvalue weighted by molar-refractivity contribution is -0.146. The summed E-state index contributed by atoms with van der Waals surface area (Å²) in [5, 5.41) is 2.57. The van der Waals surface area contributed by atoms with Crippen molar-refractivity contribution in [2.75, 3.05) is 6.79 Å². The molecule has 7 heteroatoms. The molecule has 136 valence electrons. The third-order valence-electron chi connectivity index (χ3n) is 3.86. The first-order valence-corrected chi connectivity index (χ1v) is 8.09. The molecule has 0 saturated heterocycles. The van der Waals surface area contributed by atoms with Crippen LogP contribution in [0.3, 0.4) is 0 Å². The first-order chi connectivity index (χ1) is 12.5. The molecule has 0 radical (unpaired) electrons. The third-order valence-corrected chi connectivity index (χ3v) is 3.86. The van der Waals surface area contributed by atoms with Gasteiger partial charge in [-0.15, -0.1) is 0 Å². The van der Waals surface area contributed by atoms with E-state index in [1.807, 2.05) is 0 Å². The molecule has 0 spiro atoms. The fraction of sp³-hybridized carbons (Fsp3) is 0.263. The quantitative estimate of drug-likeness (QED) is 0.831. The Morgan fingerprint density at radius 2 is 2.04 bits per heavy atom. The lowest BCUT2D eigenvalue weighted by Crippen LogP contribution is -2.39. The summed E-state index contributed by atoms with van der Waals surface area (Å²) in [6.07, 6.45) is 0. The van der Waals surface area contributed by atoms with Gasteiger partial charge in [0.2, 0.25) is 0 Å². The molecule has 0 saturated carbocycles. The van der Waals surface area contributed by atoms with Crippen LogP contribution in [0.15, 0.2) is 42.5 Å². The molecule has 1 heterocycles.